The molecule has 4 N–H and O–H groups in total. The van der Waals surface area contributed by atoms with E-state index in [0.29, 0.717) is 17.9 Å². The average Bonchev–Trinajstić information content (AvgIpc) is 2.44. The number of methoxy groups -OCH3 is 1. The van der Waals surface area contributed by atoms with Crippen molar-refractivity contribution in [1.82, 2.24) is 10.6 Å². The molecule has 0 heterocycles. The molecule has 2 amide bonds. The topological polar surface area (TPSA) is 93.5 Å². The molecule has 6 nitrogen and oxygen atoms in total. The van der Waals surface area contributed by atoms with Gasteiger partial charge in [-0.25, -0.2) is 0 Å². The second-order valence-electron chi connectivity index (χ2n) is 4.41. The first kappa shape index (κ1) is 15.8. The third-order valence-electron chi connectivity index (χ3n) is 2.82. The molecule has 1 rings (SSSR count). The van der Waals surface area contributed by atoms with Crippen molar-refractivity contribution in [3.05, 3.63) is 23.8 Å². The number of benzene rings is 1. The van der Waals surface area contributed by atoms with Gasteiger partial charge in [0.1, 0.15) is 11.8 Å². The maximum atomic E-state index is 12.1. The summed E-state index contributed by atoms with van der Waals surface area (Å²) in [5.74, 6) is -0.192. The Bertz CT molecular complexity index is 489. The number of ether oxygens (including phenoxy) is 1. The van der Waals surface area contributed by atoms with E-state index in [-0.39, 0.29) is 11.6 Å². The molecule has 1 aromatic rings. The van der Waals surface area contributed by atoms with Crippen LogP contribution in [0.2, 0.25) is 0 Å². The summed E-state index contributed by atoms with van der Waals surface area (Å²) in [5.41, 5.74) is 6.39. The van der Waals surface area contributed by atoms with Gasteiger partial charge < -0.3 is 21.1 Å². The lowest BCUT2D eigenvalue weighted by atomic mass is 10.1. The quantitative estimate of drug-likeness (QED) is 0.675. The molecule has 0 aliphatic carbocycles. The van der Waals surface area contributed by atoms with E-state index in [1.807, 2.05) is 6.92 Å². The molecule has 0 spiro atoms. The monoisotopic (exact) mass is 279 g/mol. The average molecular weight is 279 g/mol. The summed E-state index contributed by atoms with van der Waals surface area (Å²) in [7, 11) is 1.48. The summed E-state index contributed by atoms with van der Waals surface area (Å²) in [4.78, 5) is 23.8. The predicted molar refractivity (Wildman–Crippen MR) is 77.6 cm³/mol. The fourth-order valence-electron chi connectivity index (χ4n) is 1.66. The van der Waals surface area contributed by atoms with Gasteiger partial charge in [-0.3, -0.25) is 9.59 Å². The van der Waals surface area contributed by atoms with Crippen molar-refractivity contribution in [2.45, 2.75) is 26.3 Å². The Balaban J connectivity index is 2.74. The van der Waals surface area contributed by atoms with Gasteiger partial charge >= 0.3 is 0 Å². The lowest BCUT2D eigenvalue weighted by Gasteiger charge is -2.15. The zero-order chi connectivity index (χ0) is 15.1. The summed E-state index contributed by atoms with van der Waals surface area (Å²) in [6, 6.07) is 4.30. The van der Waals surface area contributed by atoms with Crippen LogP contribution in [0.5, 0.6) is 5.75 Å². The van der Waals surface area contributed by atoms with E-state index < -0.39 is 11.9 Å². The molecule has 0 aliphatic heterocycles. The van der Waals surface area contributed by atoms with Crippen LogP contribution in [-0.2, 0) is 4.79 Å². The van der Waals surface area contributed by atoms with Gasteiger partial charge in [0.2, 0.25) is 5.91 Å². The Morgan fingerprint density at radius 2 is 2.10 bits per heavy atom. The molecule has 1 atom stereocenters. The number of nitrogens with one attached hydrogen (secondary N) is 2. The van der Waals surface area contributed by atoms with Crippen LogP contribution in [0.1, 0.15) is 30.6 Å². The van der Waals surface area contributed by atoms with E-state index in [9.17, 15) is 9.59 Å². The highest BCUT2D eigenvalue weighted by Crippen LogP contribution is 2.24. The molecule has 0 radical (unpaired) electrons. The number of anilines is 1. The van der Waals surface area contributed by atoms with Gasteiger partial charge in [0.05, 0.1) is 18.4 Å². The van der Waals surface area contributed by atoms with E-state index >= 15 is 0 Å². The molecular formula is C14H21N3O3. The first-order valence-electron chi connectivity index (χ1n) is 6.52. The van der Waals surface area contributed by atoms with Gasteiger partial charge in [0.15, 0.2) is 0 Å². The summed E-state index contributed by atoms with van der Waals surface area (Å²) in [6.45, 7) is 4.17. The molecule has 0 fully saturated rings. The zero-order valence-electron chi connectivity index (χ0n) is 12.0. The number of amides is 2. The second kappa shape index (κ2) is 7.37. The van der Waals surface area contributed by atoms with E-state index in [1.54, 1.807) is 25.1 Å². The van der Waals surface area contributed by atoms with Gasteiger partial charge in [-0.2, -0.15) is 0 Å². The summed E-state index contributed by atoms with van der Waals surface area (Å²) in [5, 5.41) is 5.33. The minimum Gasteiger partial charge on any atom is -0.495 e. The molecule has 1 unspecified atom stereocenters. The van der Waals surface area contributed by atoms with Crippen LogP contribution in [0, 0.1) is 0 Å². The van der Waals surface area contributed by atoms with Crippen molar-refractivity contribution in [1.29, 1.82) is 0 Å². The normalized spacial score (nSPS) is 11.6. The third-order valence-corrected chi connectivity index (χ3v) is 2.82. The van der Waals surface area contributed by atoms with Gasteiger partial charge in [-0.15, -0.1) is 0 Å². The highest BCUT2D eigenvalue weighted by atomic mass is 16.5. The Kier molecular flexibility index (Phi) is 5.83. The van der Waals surface area contributed by atoms with Crippen LogP contribution in [0.3, 0.4) is 0 Å². The third kappa shape index (κ3) is 3.88. The molecule has 0 saturated carbocycles. The standard InChI is InChI=1S/C14H21N3O3/c1-4-8-16-13(18)9(2)17-14(19)10-6-5-7-11(20-3)12(10)15/h5-7,9H,4,8,15H2,1-3H3,(H,16,18)(H,17,19). The molecule has 0 bridgehead atoms. The van der Waals surface area contributed by atoms with Crippen molar-refractivity contribution < 1.29 is 14.3 Å². The molecule has 0 aliphatic rings. The number of carbonyl (C=O) groups excluding carboxylic acids is 2. The van der Waals surface area contributed by atoms with Gasteiger partial charge in [0, 0.05) is 6.54 Å². The van der Waals surface area contributed by atoms with Crippen molar-refractivity contribution in [2.75, 3.05) is 19.4 Å². The van der Waals surface area contributed by atoms with Crippen LogP contribution < -0.4 is 21.1 Å². The number of nitrogens with two attached hydrogens (primary N) is 1. The second-order valence-corrected chi connectivity index (χ2v) is 4.41. The lowest BCUT2D eigenvalue weighted by molar-refractivity contribution is -0.122. The molecular weight excluding hydrogens is 258 g/mol. The maximum absolute atomic E-state index is 12.1. The Morgan fingerprint density at radius 3 is 2.70 bits per heavy atom. The highest BCUT2D eigenvalue weighted by molar-refractivity contribution is 6.02. The van der Waals surface area contributed by atoms with E-state index in [1.165, 1.54) is 7.11 Å². The number of hydrogen-bond donors (Lipinski definition) is 3. The molecule has 110 valence electrons. The Labute approximate surface area is 118 Å². The van der Waals surface area contributed by atoms with Crippen LogP contribution in [-0.4, -0.2) is 31.5 Å². The number of carbonyl (C=O) groups is 2. The highest BCUT2D eigenvalue weighted by Gasteiger charge is 2.18. The van der Waals surface area contributed by atoms with Crippen LogP contribution in [0.4, 0.5) is 5.69 Å². The minimum absolute atomic E-state index is 0.221. The molecule has 20 heavy (non-hydrogen) atoms. The fraction of sp³-hybridized carbons (Fsp3) is 0.429. The smallest absolute Gasteiger partial charge is 0.254 e. The van der Waals surface area contributed by atoms with E-state index in [0.717, 1.165) is 6.42 Å². The summed E-state index contributed by atoms with van der Waals surface area (Å²) >= 11 is 0. The van der Waals surface area contributed by atoms with Crippen LogP contribution in [0.15, 0.2) is 18.2 Å². The Hall–Kier alpha value is -2.24. The fourth-order valence-corrected chi connectivity index (χ4v) is 1.66. The summed E-state index contributed by atoms with van der Waals surface area (Å²) in [6.07, 6.45) is 0.842. The summed E-state index contributed by atoms with van der Waals surface area (Å²) < 4.78 is 5.06. The lowest BCUT2D eigenvalue weighted by Crippen LogP contribution is -2.45. The molecule has 0 aromatic heterocycles. The zero-order valence-corrected chi connectivity index (χ0v) is 12.0. The largest absolute Gasteiger partial charge is 0.495 e. The SMILES string of the molecule is CCCNC(=O)C(C)NC(=O)c1cccc(OC)c1N. The minimum atomic E-state index is -0.625. The van der Waals surface area contributed by atoms with Crippen molar-refractivity contribution >= 4 is 17.5 Å². The van der Waals surface area contributed by atoms with Gasteiger partial charge in [0.25, 0.3) is 5.91 Å². The molecule has 6 heteroatoms. The number of hydrogen-bond acceptors (Lipinski definition) is 4. The Morgan fingerprint density at radius 1 is 1.40 bits per heavy atom. The van der Waals surface area contributed by atoms with E-state index in [4.69, 9.17) is 10.5 Å². The van der Waals surface area contributed by atoms with E-state index in [2.05, 4.69) is 10.6 Å². The molecule has 0 saturated heterocycles. The van der Waals surface area contributed by atoms with Crippen LogP contribution >= 0.6 is 0 Å². The van der Waals surface area contributed by atoms with Crippen molar-refractivity contribution in [3.63, 3.8) is 0 Å². The van der Waals surface area contributed by atoms with Gasteiger partial charge in [-0.1, -0.05) is 13.0 Å². The number of para-hydroxylation sites is 1. The first-order chi connectivity index (χ1) is 9.51. The number of rotatable bonds is 6. The predicted octanol–water partition coefficient (Wildman–Crippen LogP) is 0.922. The number of nitrogen functional groups attached to an aromatic ring is 1. The van der Waals surface area contributed by atoms with Crippen molar-refractivity contribution in [2.24, 2.45) is 0 Å². The van der Waals surface area contributed by atoms with Gasteiger partial charge in [-0.05, 0) is 25.5 Å². The van der Waals surface area contributed by atoms with Crippen LogP contribution in [0.25, 0.3) is 0 Å². The maximum Gasteiger partial charge on any atom is 0.254 e. The van der Waals surface area contributed by atoms with Crippen molar-refractivity contribution in [3.8, 4) is 5.75 Å². The first-order valence-corrected chi connectivity index (χ1v) is 6.52. The molecule has 1 aromatic carbocycles.